The van der Waals surface area contributed by atoms with Gasteiger partial charge in [0, 0.05) is 18.0 Å². The fraction of sp³-hybridized carbons (Fsp3) is 0.304. The molecule has 0 radical (unpaired) electrons. The molecule has 174 valence electrons. The third-order valence-electron chi connectivity index (χ3n) is 5.61. The molecule has 0 unspecified atom stereocenters. The summed E-state index contributed by atoms with van der Waals surface area (Å²) < 4.78 is 0. The summed E-state index contributed by atoms with van der Waals surface area (Å²) in [5.41, 5.74) is 1.24. The monoisotopic (exact) mass is 492 g/mol. The average Bonchev–Trinajstić information content (AvgIpc) is 3.25. The normalized spacial score (nSPS) is 18.4. The van der Waals surface area contributed by atoms with Crippen LogP contribution in [0.5, 0.6) is 0 Å². The first-order valence-corrected chi connectivity index (χ1v) is 11.0. The molecule has 0 heterocycles. The van der Waals surface area contributed by atoms with Crippen LogP contribution >= 0.6 is 23.2 Å². The first-order valence-electron chi connectivity index (χ1n) is 10.3. The van der Waals surface area contributed by atoms with Gasteiger partial charge in [-0.1, -0.05) is 41.4 Å². The Labute approximate surface area is 199 Å². The molecule has 3 rings (SSSR count). The number of benzene rings is 2. The predicted octanol–water partition coefficient (Wildman–Crippen LogP) is 3.86. The molecule has 1 aliphatic rings. The Kier molecular flexibility index (Phi) is 7.94. The lowest BCUT2D eigenvalue weighted by atomic mass is 10.0. The predicted molar refractivity (Wildman–Crippen MR) is 123 cm³/mol. The van der Waals surface area contributed by atoms with Crippen LogP contribution in [0, 0.1) is 11.8 Å². The SMILES string of the molecule is O=C(Nc1ccc(C[C@H](NC(=O)[C@@H]2CC[C@H](C(=O)O)C2)C(=O)O)cc1)c1c(Cl)cccc1Cl. The third-order valence-corrected chi connectivity index (χ3v) is 6.24. The zero-order chi connectivity index (χ0) is 24.1. The van der Waals surface area contributed by atoms with E-state index in [0.717, 1.165) is 0 Å². The molecule has 1 saturated carbocycles. The Morgan fingerprint density at radius 3 is 2.09 bits per heavy atom. The number of anilines is 1. The standard InChI is InChI=1S/C23H22Cl2N2O6/c24-16-2-1-3-17(25)19(16)21(29)26-15-8-4-12(5-9-15)10-18(23(32)33)27-20(28)13-6-7-14(11-13)22(30)31/h1-5,8-9,13-14,18H,6-7,10-11H2,(H,26,29)(H,27,28)(H,30,31)(H,32,33)/t13-,14+,18+/m1/s1. The van der Waals surface area contributed by atoms with Gasteiger partial charge in [-0.15, -0.1) is 0 Å². The van der Waals surface area contributed by atoms with Crippen molar-refractivity contribution in [3.05, 3.63) is 63.6 Å². The molecule has 1 fully saturated rings. The minimum Gasteiger partial charge on any atom is -0.481 e. The molecule has 1 aliphatic carbocycles. The molecule has 0 aliphatic heterocycles. The van der Waals surface area contributed by atoms with Crippen LogP contribution in [0.25, 0.3) is 0 Å². The molecule has 0 saturated heterocycles. The van der Waals surface area contributed by atoms with E-state index in [9.17, 15) is 24.3 Å². The maximum Gasteiger partial charge on any atom is 0.326 e. The fourth-order valence-electron chi connectivity index (χ4n) is 3.80. The van der Waals surface area contributed by atoms with Crippen LogP contribution < -0.4 is 10.6 Å². The van der Waals surface area contributed by atoms with Crippen molar-refractivity contribution in [3.8, 4) is 0 Å². The van der Waals surface area contributed by atoms with Gasteiger partial charge < -0.3 is 20.8 Å². The Hall–Kier alpha value is -3.10. The summed E-state index contributed by atoms with van der Waals surface area (Å²) in [6.07, 6.45) is 1.05. The minimum absolute atomic E-state index is 0.0285. The number of nitrogens with one attached hydrogen (secondary N) is 2. The summed E-state index contributed by atoms with van der Waals surface area (Å²) in [7, 11) is 0. The van der Waals surface area contributed by atoms with Crippen LogP contribution in [0.15, 0.2) is 42.5 Å². The number of hydrogen-bond donors (Lipinski definition) is 4. The highest BCUT2D eigenvalue weighted by molar-refractivity contribution is 6.40. The molecule has 8 nitrogen and oxygen atoms in total. The van der Waals surface area contributed by atoms with Gasteiger partial charge in [0.15, 0.2) is 0 Å². The molecular formula is C23H22Cl2N2O6. The average molecular weight is 493 g/mol. The van der Waals surface area contributed by atoms with Gasteiger partial charge in [-0.05, 0) is 49.1 Å². The van der Waals surface area contributed by atoms with Gasteiger partial charge in [0.2, 0.25) is 5.91 Å². The van der Waals surface area contributed by atoms with Gasteiger partial charge in [0.25, 0.3) is 5.91 Å². The smallest absolute Gasteiger partial charge is 0.326 e. The molecule has 2 amide bonds. The van der Waals surface area contributed by atoms with Gasteiger partial charge in [0.1, 0.15) is 6.04 Å². The summed E-state index contributed by atoms with van der Waals surface area (Å²) in [5.74, 6) is -4.16. The lowest BCUT2D eigenvalue weighted by Gasteiger charge is -2.18. The molecule has 3 atom stereocenters. The van der Waals surface area contributed by atoms with E-state index in [1.165, 1.54) is 0 Å². The molecular weight excluding hydrogens is 471 g/mol. The van der Waals surface area contributed by atoms with E-state index in [-0.39, 0.29) is 28.5 Å². The summed E-state index contributed by atoms with van der Waals surface area (Å²) in [5, 5.41) is 24.2. The molecule has 4 N–H and O–H groups in total. The van der Waals surface area contributed by atoms with Crippen molar-refractivity contribution >= 4 is 52.6 Å². The molecule has 0 bridgehead atoms. The fourth-order valence-corrected chi connectivity index (χ4v) is 4.37. The van der Waals surface area contributed by atoms with E-state index in [4.69, 9.17) is 28.3 Å². The van der Waals surface area contributed by atoms with Crippen LogP contribution in [-0.2, 0) is 20.8 Å². The second-order valence-corrected chi connectivity index (χ2v) is 8.71. The number of rotatable bonds is 8. The number of amides is 2. The molecule has 2 aromatic rings. The quantitative estimate of drug-likeness (QED) is 0.442. The van der Waals surface area contributed by atoms with Gasteiger partial charge in [-0.25, -0.2) is 4.79 Å². The van der Waals surface area contributed by atoms with E-state index in [1.807, 2.05) is 0 Å². The van der Waals surface area contributed by atoms with Gasteiger partial charge in [-0.3, -0.25) is 14.4 Å². The minimum atomic E-state index is -1.19. The maximum absolute atomic E-state index is 12.5. The summed E-state index contributed by atoms with van der Waals surface area (Å²) in [6.45, 7) is 0. The molecule has 2 aromatic carbocycles. The van der Waals surface area contributed by atoms with Crippen LogP contribution in [0.2, 0.25) is 10.0 Å². The summed E-state index contributed by atoms with van der Waals surface area (Å²) in [4.78, 5) is 47.7. The highest BCUT2D eigenvalue weighted by atomic mass is 35.5. The van der Waals surface area contributed by atoms with Crippen LogP contribution in [0.3, 0.4) is 0 Å². The first kappa shape index (κ1) is 24.5. The lowest BCUT2D eigenvalue weighted by molar-refractivity contribution is -0.143. The topological polar surface area (TPSA) is 133 Å². The molecule has 0 spiro atoms. The number of carbonyl (C=O) groups is 4. The molecule has 0 aromatic heterocycles. The molecule has 10 heteroatoms. The van der Waals surface area contributed by atoms with Crippen LogP contribution in [0.1, 0.15) is 35.2 Å². The number of halogens is 2. The largest absolute Gasteiger partial charge is 0.481 e. The Morgan fingerprint density at radius 1 is 0.939 bits per heavy atom. The van der Waals surface area contributed by atoms with E-state index in [0.29, 0.717) is 24.1 Å². The lowest BCUT2D eigenvalue weighted by Crippen LogP contribution is -2.44. The number of hydrogen-bond acceptors (Lipinski definition) is 4. The van der Waals surface area contributed by atoms with Crippen molar-refractivity contribution in [1.82, 2.24) is 5.32 Å². The highest BCUT2D eigenvalue weighted by Gasteiger charge is 2.35. The van der Waals surface area contributed by atoms with E-state index >= 15 is 0 Å². The number of carboxylic acid groups (broad SMARTS) is 2. The van der Waals surface area contributed by atoms with Crippen molar-refractivity contribution in [2.75, 3.05) is 5.32 Å². The van der Waals surface area contributed by atoms with Crippen LogP contribution in [-0.4, -0.2) is 40.0 Å². The van der Waals surface area contributed by atoms with E-state index < -0.39 is 41.6 Å². The zero-order valence-electron chi connectivity index (χ0n) is 17.4. The van der Waals surface area contributed by atoms with Gasteiger partial charge in [-0.2, -0.15) is 0 Å². The van der Waals surface area contributed by atoms with Crippen molar-refractivity contribution in [3.63, 3.8) is 0 Å². The second-order valence-electron chi connectivity index (χ2n) is 7.90. The van der Waals surface area contributed by atoms with Gasteiger partial charge >= 0.3 is 11.9 Å². The second kappa shape index (κ2) is 10.7. The van der Waals surface area contributed by atoms with Gasteiger partial charge in [0.05, 0.1) is 21.5 Å². The third kappa shape index (κ3) is 6.24. The Bertz CT molecular complexity index is 1050. The Morgan fingerprint density at radius 2 is 1.55 bits per heavy atom. The van der Waals surface area contributed by atoms with Crippen molar-refractivity contribution in [2.45, 2.75) is 31.7 Å². The van der Waals surface area contributed by atoms with Crippen molar-refractivity contribution < 1.29 is 29.4 Å². The van der Waals surface area contributed by atoms with Crippen LogP contribution in [0.4, 0.5) is 5.69 Å². The number of aliphatic carboxylic acids is 2. The van der Waals surface area contributed by atoms with Crippen molar-refractivity contribution in [1.29, 1.82) is 0 Å². The van der Waals surface area contributed by atoms with E-state index in [2.05, 4.69) is 10.6 Å². The number of carbonyl (C=O) groups excluding carboxylic acids is 2. The highest BCUT2D eigenvalue weighted by Crippen LogP contribution is 2.31. The van der Waals surface area contributed by atoms with Crippen molar-refractivity contribution in [2.24, 2.45) is 11.8 Å². The summed E-state index contributed by atoms with van der Waals surface area (Å²) in [6, 6.07) is 10.1. The maximum atomic E-state index is 12.5. The van der Waals surface area contributed by atoms with E-state index in [1.54, 1.807) is 42.5 Å². The first-order chi connectivity index (χ1) is 15.7. The summed E-state index contributed by atoms with van der Waals surface area (Å²) >= 11 is 12.1. The number of carboxylic acids is 2. The molecule has 33 heavy (non-hydrogen) atoms. The Balaban J connectivity index is 1.61. The zero-order valence-corrected chi connectivity index (χ0v) is 18.9.